The van der Waals surface area contributed by atoms with Gasteiger partial charge in [-0.05, 0) is 35.4 Å². The van der Waals surface area contributed by atoms with Gasteiger partial charge in [0.2, 0.25) is 5.75 Å². The molecule has 0 fully saturated rings. The fourth-order valence-corrected chi connectivity index (χ4v) is 4.30. The summed E-state index contributed by atoms with van der Waals surface area (Å²) in [6.07, 6.45) is 3.31. The van der Waals surface area contributed by atoms with Gasteiger partial charge in [0.05, 0.1) is 40.2 Å². The van der Waals surface area contributed by atoms with E-state index in [0.717, 1.165) is 16.7 Å². The Balaban J connectivity index is 1.61. The van der Waals surface area contributed by atoms with Gasteiger partial charge in [-0.3, -0.25) is 14.6 Å². The maximum Gasteiger partial charge on any atom is 0.256 e. The Morgan fingerprint density at radius 2 is 1.72 bits per heavy atom. The number of fused-ring (bicyclic) bond motifs is 1. The van der Waals surface area contributed by atoms with Crippen LogP contribution in [0, 0.1) is 0 Å². The van der Waals surface area contributed by atoms with Gasteiger partial charge in [-0.15, -0.1) is 0 Å². The van der Waals surface area contributed by atoms with Gasteiger partial charge in [0.25, 0.3) is 5.91 Å². The lowest BCUT2D eigenvalue weighted by molar-refractivity contribution is 0.0789. The van der Waals surface area contributed by atoms with Crippen LogP contribution in [0.2, 0.25) is 0 Å². The summed E-state index contributed by atoms with van der Waals surface area (Å²) in [7, 11) is 6.00. The van der Waals surface area contributed by atoms with E-state index >= 15 is 0 Å². The molecule has 0 saturated carbocycles. The Morgan fingerprint density at radius 1 is 1.03 bits per heavy atom. The van der Waals surface area contributed by atoms with Crippen molar-refractivity contribution in [2.45, 2.75) is 6.54 Å². The lowest BCUT2D eigenvalue weighted by Crippen LogP contribution is -2.28. The van der Waals surface area contributed by atoms with Crippen LogP contribution < -0.4 is 24.7 Å². The Bertz CT molecular complexity index is 1340. The number of hydrogen-bond acceptors (Lipinski definition) is 8. The van der Waals surface area contributed by atoms with E-state index in [1.165, 1.54) is 21.3 Å². The largest absolute Gasteiger partial charge is 0.495 e. The van der Waals surface area contributed by atoms with Gasteiger partial charge in [-0.25, -0.2) is 0 Å². The van der Waals surface area contributed by atoms with Crippen LogP contribution >= 0.6 is 0 Å². The molecule has 0 aliphatic carbocycles. The second kappa shape index (κ2) is 9.99. The minimum atomic E-state index is -0.344. The molecule has 0 bridgehead atoms. The molecule has 2 aromatic carbocycles. The van der Waals surface area contributed by atoms with Crippen LogP contribution in [0.5, 0.6) is 23.0 Å². The van der Waals surface area contributed by atoms with Crippen LogP contribution in [-0.2, 0) is 6.54 Å². The van der Waals surface area contributed by atoms with Gasteiger partial charge in [0.1, 0.15) is 5.75 Å². The molecule has 2 heterocycles. The fraction of sp³-hybridized carbons (Fsp3) is 0.222. The Hall–Kier alpha value is -4.53. The van der Waals surface area contributed by atoms with Crippen LogP contribution in [0.1, 0.15) is 26.3 Å². The molecule has 0 unspecified atom stereocenters. The predicted octanol–water partition coefficient (Wildman–Crippen LogP) is 3.76. The third-order valence-electron chi connectivity index (χ3n) is 6.08. The van der Waals surface area contributed by atoms with E-state index < -0.39 is 0 Å². The lowest BCUT2D eigenvalue weighted by atomic mass is 9.97. The standard InChI is InChI=1S/C27H27N3O6/c1-15(25(31)16-9-22(34-3)26(36-5)23(10-16)35-4)13-30-14-20-19(6-7-21(28)24(20)27(30)32)17-8-18(33-2)12-29-11-17/h6-12H,1,13-14,28H2,2-5H3. The highest BCUT2D eigenvalue weighted by molar-refractivity contribution is 6.10. The van der Waals surface area contributed by atoms with Crippen molar-refractivity contribution in [1.82, 2.24) is 9.88 Å². The molecular weight excluding hydrogens is 462 g/mol. The summed E-state index contributed by atoms with van der Waals surface area (Å²) in [5, 5.41) is 0. The number of carbonyl (C=O) groups excluding carboxylic acids is 2. The zero-order valence-electron chi connectivity index (χ0n) is 20.6. The Morgan fingerprint density at radius 3 is 2.33 bits per heavy atom. The van der Waals surface area contributed by atoms with E-state index in [-0.39, 0.29) is 30.4 Å². The van der Waals surface area contributed by atoms with Gasteiger partial charge in [-0.2, -0.15) is 0 Å². The zero-order valence-corrected chi connectivity index (χ0v) is 20.6. The molecule has 3 aromatic rings. The Labute approximate surface area is 209 Å². The van der Waals surface area contributed by atoms with Gasteiger partial charge in [-0.1, -0.05) is 12.6 Å². The number of benzene rings is 2. The second-order valence-corrected chi connectivity index (χ2v) is 8.18. The van der Waals surface area contributed by atoms with E-state index in [1.807, 2.05) is 12.1 Å². The number of rotatable bonds is 9. The lowest BCUT2D eigenvalue weighted by Gasteiger charge is -2.18. The first-order chi connectivity index (χ1) is 17.3. The van der Waals surface area contributed by atoms with E-state index in [2.05, 4.69) is 11.6 Å². The van der Waals surface area contributed by atoms with Crippen LogP contribution in [0.3, 0.4) is 0 Å². The van der Waals surface area contributed by atoms with Crippen molar-refractivity contribution >= 4 is 17.4 Å². The number of amides is 1. The van der Waals surface area contributed by atoms with Gasteiger partial charge < -0.3 is 29.6 Å². The maximum atomic E-state index is 13.3. The first kappa shape index (κ1) is 24.6. The number of pyridine rings is 1. The molecule has 0 radical (unpaired) electrons. The van der Waals surface area contributed by atoms with E-state index in [1.54, 1.807) is 42.6 Å². The molecular formula is C27H27N3O6. The number of nitrogens with two attached hydrogens (primary N) is 1. The highest BCUT2D eigenvalue weighted by Gasteiger charge is 2.33. The van der Waals surface area contributed by atoms with Crippen molar-refractivity contribution in [2.75, 3.05) is 40.7 Å². The van der Waals surface area contributed by atoms with E-state index in [9.17, 15) is 9.59 Å². The number of nitrogen functional groups attached to an aromatic ring is 1. The molecule has 2 N–H and O–H groups in total. The maximum absolute atomic E-state index is 13.3. The zero-order chi connectivity index (χ0) is 26.0. The summed E-state index contributed by atoms with van der Waals surface area (Å²) < 4.78 is 21.3. The molecule has 0 spiro atoms. The number of ketones is 1. The summed E-state index contributed by atoms with van der Waals surface area (Å²) in [5.41, 5.74) is 9.90. The summed E-state index contributed by atoms with van der Waals surface area (Å²) in [4.78, 5) is 32.3. The SMILES string of the molecule is C=C(CN1Cc2c(-c3cncc(OC)c3)ccc(N)c2C1=O)C(=O)c1cc(OC)c(OC)c(OC)c1. The highest BCUT2D eigenvalue weighted by atomic mass is 16.5. The number of ether oxygens (including phenoxy) is 4. The van der Waals surface area contributed by atoms with Crippen LogP contribution in [0.15, 0.2) is 54.9 Å². The number of carbonyl (C=O) groups is 2. The van der Waals surface area contributed by atoms with Crippen molar-refractivity contribution in [3.05, 3.63) is 71.6 Å². The summed E-state index contributed by atoms with van der Waals surface area (Å²) in [6, 6.07) is 8.52. The molecule has 1 aliphatic heterocycles. The van der Waals surface area contributed by atoms with Crippen molar-refractivity contribution in [1.29, 1.82) is 0 Å². The number of hydrogen-bond donors (Lipinski definition) is 1. The summed E-state index contributed by atoms with van der Waals surface area (Å²) in [6.45, 7) is 4.25. The molecule has 0 atom stereocenters. The molecule has 9 heteroatoms. The third-order valence-corrected chi connectivity index (χ3v) is 6.08. The molecule has 186 valence electrons. The fourth-order valence-electron chi connectivity index (χ4n) is 4.30. The first-order valence-corrected chi connectivity index (χ1v) is 11.0. The number of methoxy groups -OCH3 is 4. The van der Waals surface area contributed by atoms with Crippen molar-refractivity contribution in [2.24, 2.45) is 0 Å². The molecule has 0 saturated heterocycles. The number of anilines is 1. The minimum absolute atomic E-state index is 0.0260. The van der Waals surface area contributed by atoms with Crippen LogP contribution in [0.25, 0.3) is 11.1 Å². The average Bonchev–Trinajstić information content (AvgIpc) is 3.23. The molecule has 36 heavy (non-hydrogen) atoms. The number of Topliss-reactive ketones (excluding diaryl/α,β-unsaturated/α-hetero) is 1. The minimum Gasteiger partial charge on any atom is -0.495 e. The topological polar surface area (TPSA) is 113 Å². The monoisotopic (exact) mass is 489 g/mol. The van der Waals surface area contributed by atoms with Crippen molar-refractivity contribution in [3.8, 4) is 34.1 Å². The smallest absolute Gasteiger partial charge is 0.256 e. The van der Waals surface area contributed by atoms with Crippen LogP contribution in [-0.4, -0.2) is 56.6 Å². The quantitative estimate of drug-likeness (QED) is 0.275. The molecule has 1 aromatic heterocycles. The molecule has 1 aliphatic rings. The van der Waals surface area contributed by atoms with Crippen molar-refractivity contribution in [3.63, 3.8) is 0 Å². The molecule has 4 rings (SSSR count). The van der Waals surface area contributed by atoms with Gasteiger partial charge in [0.15, 0.2) is 17.3 Å². The highest BCUT2D eigenvalue weighted by Crippen LogP contribution is 2.39. The second-order valence-electron chi connectivity index (χ2n) is 8.18. The van der Waals surface area contributed by atoms with Crippen molar-refractivity contribution < 1.29 is 28.5 Å². The normalized spacial score (nSPS) is 12.2. The summed E-state index contributed by atoms with van der Waals surface area (Å²) in [5.74, 6) is 1.07. The van der Waals surface area contributed by atoms with Gasteiger partial charge >= 0.3 is 0 Å². The van der Waals surface area contributed by atoms with E-state index in [0.29, 0.717) is 39.8 Å². The van der Waals surface area contributed by atoms with Crippen LogP contribution in [0.4, 0.5) is 5.69 Å². The number of nitrogens with zero attached hydrogens (tertiary/aromatic N) is 2. The third kappa shape index (κ3) is 4.31. The first-order valence-electron chi connectivity index (χ1n) is 11.0. The molecule has 1 amide bonds. The van der Waals surface area contributed by atoms with Gasteiger partial charge in [0, 0.05) is 41.7 Å². The van der Waals surface area contributed by atoms with E-state index in [4.69, 9.17) is 24.7 Å². The molecule has 9 nitrogen and oxygen atoms in total. The summed E-state index contributed by atoms with van der Waals surface area (Å²) >= 11 is 0. The average molecular weight is 490 g/mol. The Kier molecular flexibility index (Phi) is 6.82. The predicted molar refractivity (Wildman–Crippen MR) is 135 cm³/mol. The number of aromatic nitrogens is 1.